The Morgan fingerprint density at radius 1 is 1.20 bits per heavy atom. The van der Waals surface area contributed by atoms with Crippen LogP contribution in [0.2, 0.25) is 0 Å². The lowest BCUT2D eigenvalue weighted by Crippen LogP contribution is -2.34. The molecule has 3 rings (SSSR count). The first-order chi connectivity index (χ1) is 12.1. The molecule has 1 unspecified atom stereocenters. The Kier molecular flexibility index (Phi) is 5.12. The van der Waals surface area contributed by atoms with Crippen molar-refractivity contribution in [2.75, 3.05) is 20.8 Å². The molecule has 2 aromatic rings. The normalized spacial score (nSPS) is 13.6. The number of benzene rings is 2. The molecule has 0 spiro atoms. The molecule has 5 nitrogen and oxygen atoms in total. The van der Waals surface area contributed by atoms with Gasteiger partial charge in [0.25, 0.3) is 5.91 Å². The van der Waals surface area contributed by atoms with Crippen LogP contribution in [-0.2, 0) is 12.8 Å². The molecule has 1 amide bonds. The van der Waals surface area contributed by atoms with Gasteiger partial charge in [-0.05, 0) is 42.7 Å². The van der Waals surface area contributed by atoms with E-state index >= 15 is 0 Å². The Hall–Kier alpha value is -2.69. The summed E-state index contributed by atoms with van der Waals surface area (Å²) >= 11 is 0. The molecular formula is C20H23NO4. The van der Waals surface area contributed by atoms with E-state index in [1.165, 1.54) is 11.1 Å². The van der Waals surface area contributed by atoms with E-state index in [4.69, 9.17) is 14.2 Å². The fourth-order valence-electron chi connectivity index (χ4n) is 3.14. The maximum atomic E-state index is 12.7. The van der Waals surface area contributed by atoms with Gasteiger partial charge in [-0.15, -0.1) is 0 Å². The van der Waals surface area contributed by atoms with E-state index < -0.39 is 0 Å². The van der Waals surface area contributed by atoms with Crippen molar-refractivity contribution in [2.45, 2.75) is 25.8 Å². The minimum Gasteiger partial charge on any atom is -0.496 e. The second-order valence-electron chi connectivity index (χ2n) is 6.16. The summed E-state index contributed by atoms with van der Waals surface area (Å²) in [5.74, 6) is 1.77. The number of amides is 1. The first-order valence-corrected chi connectivity index (χ1v) is 8.39. The van der Waals surface area contributed by atoms with Crippen molar-refractivity contribution in [3.8, 4) is 17.2 Å². The van der Waals surface area contributed by atoms with Gasteiger partial charge in [0.05, 0.1) is 20.8 Å². The van der Waals surface area contributed by atoms with Gasteiger partial charge in [-0.3, -0.25) is 4.79 Å². The molecule has 5 heteroatoms. The lowest BCUT2D eigenvalue weighted by Gasteiger charge is -2.17. The van der Waals surface area contributed by atoms with Gasteiger partial charge < -0.3 is 19.5 Å². The topological polar surface area (TPSA) is 56.8 Å². The second kappa shape index (κ2) is 7.47. The minimum absolute atomic E-state index is 0.0255. The first-order valence-electron chi connectivity index (χ1n) is 8.39. The highest BCUT2D eigenvalue weighted by molar-refractivity contribution is 5.99. The molecule has 0 fully saturated rings. The fourth-order valence-corrected chi connectivity index (χ4v) is 3.14. The Balaban J connectivity index is 1.71. The predicted molar refractivity (Wildman–Crippen MR) is 95.8 cm³/mol. The number of rotatable bonds is 6. The predicted octanol–water partition coefficient (Wildman–Crippen LogP) is 3.00. The number of ether oxygens (including phenoxy) is 3. The highest BCUT2D eigenvalue weighted by atomic mass is 16.5. The van der Waals surface area contributed by atoms with Crippen LogP contribution in [0.25, 0.3) is 0 Å². The molecule has 0 aliphatic carbocycles. The molecule has 1 atom stereocenters. The van der Waals surface area contributed by atoms with Crippen LogP contribution >= 0.6 is 0 Å². The zero-order chi connectivity index (χ0) is 17.8. The van der Waals surface area contributed by atoms with Gasteiger partial charge in [0.1, 0.15) is 22.8 Å². The van der Waals surface area contributed by atoms with Gasteiger partial charge in [-0.1, -0.05) is 18.2 Å². The average Bonchev–Trinajstić information content (AvgIpc) is 3.08. The minimum atomic E-state index is -0.203. The highest BCUT2D eigenvalue weighted by Gasteiger charge is 2.20. The molecule has 1 N–H and O–H groups in total. The maximum absolute atomic E-state index is 12.7. The maximum Gasteiger partial charge on any atom is 0.259 e. The summed E-state index contributed by atoms with van der Waals surface area (Å²) in [4.78, 5) is 12.7. The summed E-state index contributed by atoms with van der Waals surface area (Å²) in [5.41, 5.74) is 2.84. The van der Waals surface area contributed by atoms with Crippen molar-refractivity contribution < 1.29 is 19.0 Å². The van der Waals surface area contributed by atoms with Crippen LogP contribution in [0.5, 0.6) is 17.2 Å². The van der Waals surface area contributed by atoms with Crippen LogP contribution in [0.15, 0.2) is 36.4 Å². The summed E-state index contributed by atoms with van der Waals surface area (Å²) in [6.07, 6.45) is 1.69. The number of nitrogens with one attached hydrogen (secondary N) is 1. The number of methoxy groups -OCH3 is 2. The number of fused-ring (bicyclic) bond motifs is 1. The van der Waals surface area contributed by atoms with Crippen LogP contribution in [0.1, 0.15) is 28.4 Å². The van der Waals surface area contributed by atoms with Gasteiger partial charge in [-0.2, -0.15) is 0 Å². The van der Waals surface area contributed by atoms with Gasteiger partial charge in [0, 0.05) is 12.5 Å². The third-order valence-electron chi connectivity index (χ3n) is 4.33. The van der Waals surface area contributed by atoms with Crippen molar-refractivity contribution in [1.29, 1.82) is 0 Å². The zero-order valence-electron chi connectivity index (χ0n) is 14.8. The van der Waals surface area contributed by atoms with Crippen molar-refractivity contribution in [3.63, 3.8) is 0 Å². The summed E-state index contributed by atoms with van der Waals surface area (Å²) in [6.45, 7) is 2.74. The summed E-state index contributed by atoms with van der Waals surface area (Å²) in [7, 11) is 3.09. The molecule has 0 saturated heterocycles. The smallest absolute Gasteiger partial charge is 0.259 e. The largest absolute Gasteiger partial charge is 0.496 e. The van der Waals surface area contributed by atoms with Gasteiger partial charge in [0.15, 0.2) is 0 Å². The van der Waals surface area contributed by atoms with Crippen LogP contribution in [0, 0.1) is 0 Å². The molecule has 1 aliphatic rings. The van der Waals surface area contributed by atoms with Crippen LogP contribution in [-0.4, -0.2) is 32.8 Å². The SMILES string of the molecule is COc1cccc(OC)c1C(=O)NC(C)Cc1ccc2c(c1)CCO2. The molecule has 132 valence electrons. The van der Waals surface area contributed by atoms with E-state index in [-0.39, 0.29) is 11.9 Å². The first kappa shape index (κ1) is 17.1. The third-order valence-corrected chi connectivity index (χ3v) is 4.33. The van der Waals surface area contributed by atoms with E-state index in [2.05, 4.69) is 17.4 Å². The lowest BCUT2D eigenvalue weighted by molar-refractivity contribution is 0.0934. The zero-order valence-corrected chi connectivity index (χ0v) is 14.8. The molecule has 25 heavy (non-hydrogen) atoms. The molecule has 1 aliphatic heterocycles. The summed E-state index contributed by atoms with van der Waals surface area (Å²) in [5, 5.41) is 3.03. The number of carbonyl (C=O) groups is 1. The quantitative estimate of drug-likeness (QED) is 0.877. The van der Waals surface area contributed by atoms with E-state index in [1.807, 2.05) is 13.0 Å². The Bertz CT molecular complexity index is 750. The molecule has 1 heterocycles. The van der Waals surface area contributed by atoms with Gasteiger partial charge in [-0.25, -0.2) is 0 Å². The van der Waals surface area contributed by atoms with Gasteiger partial charge >= 0.3 is 0 Å². The van der Waals surface area contributed by atoms with Crippen LogP contribution < -0.4 is 19.5 Å². The van der Waals surface area contributed by atoms with Crippen molar-refractivity contribution >= 4 is 5.91 Å². The molecule has 2 aromatic carbocycles. The monoisotopic (exact) mass is 341 g/mol. The Labute approximate surface area is 147 Å². The molecule has 0 radical (unpaired) electrons. The fraction of sp³-hybridized carbons (Fsp3) is 0.350. The van der Waals surface area contributed by atoms with E-state index in [0.717, 1.165) is 25.2 Å². The van der Waals surface area contributed by atoms with E-state index in [0.29, 0.717) is 17.1 Å². The van der Waals surface area contributed by atoms with Crippen molar-refractivity contribution in [2.24, 2.45) is 0 Å². The Morgan fingerprint density at radius 2 is 1.92 bits per heavy atom. The molecule has 0 bridgehead atoms. The molecule has 0 aromatic heterocycles. The van der Waals surface area contributed by atoms with Crippen LogP contribution in [0.3, 0.4) is 0 Å². The number of hydrogen-bond acceptors (Lipinski definition) is 4. The Morgan fingerprint density at radius 3 is 2.60 bits per heavy atom. The third kappa shape index (κ3) is 3.71. The van der Waals surface area contributed by atoms with Crippen molar-refractivity contribution in [1.82, 2.24) is 5.32 Å². The lowest BCUT2D eigenvalue weighted by atomic mass is 10.0. The highest BCUT2D eigenvalue weighted by Crippen LogP contribution is 2.29. The second-order valence-corrected chi connectivity index (χ2v) is 6.16. The molecule has 0 saturated carbocycles. The summed E-state index contributed by atoms with van der Waals surface area (Å²) in [6, 6.07) is 11.5. The van der Waals surface area contributed by atoms with E-state index in [1.54, 1.807) is 32.4 Å². The number of hydrogen-bond donors (Lipinski definition) is 1. The van der Waals surface area contributed by atoms with E-state index in [9.17, 15) is 4.79 Å². The van der Waals surface area contributed by atoms with Crippen LogP contribution in [0.4, 0.5) is 0 Å². The van der Waals surface area contributed by atoms with Gasteiger partial charge in [0.2, 0.25) is 0 Å². The number of carbonyl (C=O) groups excluding carboxylic acids is 1. The standard InChI is InChI=1S/C20H23NO4/c1-13(11-14-7-8-16-15(12-14)9-10-25-16)21-20(22)19-17(23-2)5-4-6-18(19)24-3/h4-8,12-13H,9-11H2,1-3H3,(H,21,22). The average molecular weight is 341 g/mol. The van der Waals surface area contributed by atoms with Crippen molar-refractivity contribution in [3.05, 3.63) is 53.1 Å². The molecular weight excluding hydrogens is 318 g/mol. The summed E-state index contributed by atoms with van der Waals surface area (Å²) < 4.78 is 16.1.